The lowest BCUT2D eigenvalue weighted by molar-refractivity contribution is -0.389. The van der Waals surface area contributed by atoms with Gasteiger partial charge >= 0.3 is 5.82 Å². The molecule has 0 bridgehead atoms. The average molecular weight is 343 g/mol. The van der Waals surface area contributed by atoms with Gasteiger partial charge < -0.3 is 15.4 Å². The Morgan fingerprint density at radius 2 is 2.40 bits per heavy atom. The van der Waals surface area contributed by atoms with E-state index in [0.717, 1.165) is 17.1 Å². The van der Waals surface area contributed by atoms with Crippen LogP contribution < -0.4 is 5.32 Å². The van der Waals surface area contributed by atoms with Crippen molar-refractivity contribution < 1.29 is 9.72 Å². The number of hydrogen-bond donors (Lipinski definition) is 2. The summed E-state index contributed by atoms with van der Waals surface area (Å²) in [5, 5.41) is 23.1. The van der Waals surface area contributed by atoms with E-state index in [1.807, 2.05) is 6.92 Å². The molecular weight excluding hydrogens is 332 g/mol. The van der Waals surface area contributed by atoms with E-state index in [2.05, 4.69) is 36.5 Å². The standard InChI is InChI=1S/C10H11BrN6O3/c1-2-16-5-6(11)8(15-16)4-12-10(18)7-3-9(14-13-7)17(19)20/h3,5H,2,4H2,1H3,(H,12,18)(H,13,14). The SMILES string of the molecule is CCn1cc(Br)c(CNC(=O)c2cc([N+](=O)[O-])[nH]n2)n1. The van der Waals surface area contributed by atoms with E-state index < -0.39 is 10.8 Å². The molecule has 0 aliphatic rings. The predicted octanol–water partition coefficient (Wildman–Crippen LogP) is 1.23. The van der Waals surface area contributed by atoms with Gasteiger partial charge in [0.05, 0.1) is 22.8 Å². The molecule has 20 heavy (non-hydrogen) atoms. The minimum Gasteiger partial charge on any atom is -0.358 e. The number of aryl methyl sites for hydroxylation is 1. The lowest BCUT2D eigenvalue weighted by Gasteiger charge is -2.00. The van der Waals surface area contributed by atoms with Crippen molar-refractivity contribution in [3.05, 3.63) is 38.2 Å². The van der Waals surface area contributed by atoms with E-state index in [4.69, 9.17) is 0 Å². The van der Waals surface area contributed by atoms with Crippen molar-refractivity contribution in [1.82, 2.24) is 25.3 Å². The Hall–Kier alpha value is -2.23. The number of aromatic amines is 1. The summed E-state index contributed by atoms with van der Waals surface area (Å²) in [6.45, 7) is 2.87. The van der Waals surface area contributed by atoms with Gasteiger partial charge in [0, 0.05) is 12.7 Å². The Bertz CT molecular complexity index is 649. The molecule has 0 aromatic carbocycles. The van der Waals surface area contributed by atoms with Crippen LogP contribution in [-0.4, -0.2) is 30.8 Å². The first-order chi connectivity index (χ1) is 9.51. The molecule has 9 nitrogen and oxygen atoms in total. The summed E-state index contributed by atoms with van der Waals surface area (Å²) >= 11 is 3.34. The topological polar surface area (TPSA) is 119 Å². The summed E-state index contributed by atoms with van der Waals surface area (Å²) in [6.07, 6.45) is 1.81. The zero-order valence-corrected chi connectivity index (χ0v) is 12.0. The number of amides is 1. The lowest BCUT2D eigenvalue weighted by Crippen LogP contribution is -2.23. The normalized spacial score (nSPS) is 10.5. The van der Waals surface area contributed by atoms with Gasteiger partial charge in [0.2, 0.25) is 0 Å². The molecule has 106 valence electrons. The van der Waals surface area contributed by atoms with Crippen LogP contribution in [0.4, 0.5) is 5.82 Å². The van der Waals surface area contributed by atoms with Crippen LogP contribution in [0.3, 0.4) is 0 Å². The van der Waals surface area contributed by atoms with Crippen LogP contribution in [0.2, 0.25) is 0 Å². The van der Waals surface area contributed by atoms with Crippen LogP contribution in [0.5, 0.6) is 0 Å². The number of carbonyl (C=O) groups excluding carboxylic acids is 1. The van der Waals surface area contributed by atoms with E-state index in [0.29, 0.717) is 5.69 Å². The Balaban J connectivity index is 2.00. The fraction of sp³-hybridized carbons (Fsp3) is 0.300. The summed E-state index contributed by atoms with van der Waals surface area (Å²) in [6, 6.07) is 1.08. The molecule has 0 fully saturated rings. The van der Waals surface area contributed by atoms with Gasteiger partial charge in [0.1, 0.15) is 0 Å². The number of hydrogen-bond acceptors (Lipinski definition) is 5. The first-order valence-corrected chi connectivity index (χ1v) is 6.50. The van der Waals surface area contributed by atoms with Crippen LogP contribution in [-0.2, 0) is 13.1 Å². The van der Waals surface area contributed by atoms with Crippen molar-refractivity contribution in [3.63, 3.8) is 0 Å². The summed E-state index contributed by atoms with van der Waals surface area (Å²) < 4.78 is 2.51. The third-order valence-corrected chi connectivity index (χ3v) is 3.18. The van der Waals surface area contributed by atoms with Gasteiger partial charge in [-0.1, -0.05) is 5.10 Å². The minimum atomic E-state index is -0.650. The number of carbonyl (C=O) groups is 1. The molecule has 2 aromatic heterocycles. The van der Waals surface area contributed by atoms with Gasteiger partial charge in [-0.05, 0) is 27.8 Å². The smallest absolute Gasteiger partial charge is 0.343 e. The molecule has 0 spiro atoms. The first-order valence-electron chi connectivity index (χ1n) is 5.71. The van der Waals surface area contributed by atoms with E-state index in [9.17, 15) is 14.9 Å². The number of rotatable bonds is 5. The third-order valence-electron chi connectivity index (χ3n) is 2.52. The van der Waals surface area contributed by atoms with Crippen LogP contribution >= 0.6 is 15.9 Å². The summed E-state index contributed by atoms with van der Waals surface area (Å²) in [5.41, 5.74) is 0.632. The van der Waals surface area contributed by atoms with Crippen LogP contribution in [0.15, 0.2) is 16.7 Å². The fourth-order valence-corrected chi connectivity index (χ4v) is 1.95. The first kappa shape index (κ1) is 14.2. The van der Waals surface area contributed by atoms with E-state index in [-0.39, 0.29) is 18.1 Å². The van der Waals surface area contributed by atoms with Crippen LogP contribution in [0, 0.1) is 10.1 Å². The molecule has 0 atom stereocenters. The molecular formula is C10H11BrN6O3. The van der Waals surface area contributed by atoms with Crippen LogP contribution in [0.25, 0.3) is 0 Å². The molecule has 2 heterocycles. The quantitative estimate of drug-likeness (QED) is 0.625. The highest BCUT2D eigenvalue weighted by Gasteiger charge is 2.17. The summed E-state index contributed by atoms with van der Waals surface area (Å²) in [7, 11) is 0. The van der Waals surface area contributed by atoms with E-state index in [1.165, 1.54) is 0 Å². The molecule has 0 aliphatic heterocycles. The number of aromatic nitrogens is 4. The van der Waals surface area contributed by atoms with Crippen LogP contribution in [0.1, 0.15) is 23.1 Å². The Labute approximate surface area is 121 Å². The van der Waals surface area contributed by atoms with Crippen molar-refractivity contribution in [2.45, 2.75) is 20.0 Å². The monoisotopic (exact) mass is 342 g/mol. The number of H-pyrrole nitrogens is 1. The Kier molecular flexibility index (Phi) is 4.13. The van der Waals surface area contributed by atoms with Gasteiger partial charge in [-0.3, -0.25) is 9.48 Å². The minimum absolute atomic E-state index is 0.0391. The zero-order chi connectivity index (χ0) is 14.7. The number of nitrogens with one attached hydrogen (secondary N) is 2. The second-order valence-electron chi connectivity index (χ2n) is 3.86. The molecule has 1 amide bonds. The van der Waals surface area contributed by atoms with Crippen molar-refractivity contribution >= 4 is 27.7 Å². The number of halogens is 1. The largest absolute Gasteiger partial charge is 0.358 e. The van der Waals surface area contributed by atoms with Gasteiger partial charge in [-0.2, -0.15) is 5.10 Å². The van der Waals surface area contributed by atoms with Crippen molar-refractivity contribution in [2.75, 3.05) is 0 Å². The Morgan fingerprint density at radius 1 is 1.65 bits per heavy atom. The maximum Gasteiger partial charge on any atom is 0.343 e. The summed E-state index contributed by atoms with van der Waals surface area (Å²) in [5.74, 6) is -0.834. The van der Waals surface area contributed by atoms with Gasteiger partial charge in [-0.15, -0.1) is 5.10 Å². The molecule has 0 saturated carbocycles. The number of nitrogens with zero attached hydrogens (tertiary/aromatic N) is 4. The Morgan fingerprint density at radius 3 is 2.95 bits per heavy atom. The molecule has 0 unspecified atom stereocenters. The third kappa shape index (κ3) is 3.02. The average Bonchev–Trinajstić information content (AvgIpc) is 3.02. The maximum atomic E-state index is 11.8. The van der Waals surface area contributed by atoms with Gasteiger partial charge in [-0.25, -0.2) is 0 Å². The van der Waals surface area contributed by atoms with Crippen molar-refractivity contribution in [3.8, 4) is 0 Å². The molecule has 0 saturated heterocycles. The molecule has 2 N–H and O–H groups in total. The van der Waals surface area contributed by atoms with Crippen molar-refractivity contribution in [1.29, 1.82) is 0 Å². The van der Waals surface area contributed by atoms with Crippen molar-refractivity contribution in [2.24, 2.45) is 0 Å². The second kappa shape index (κ2) is 5.82. The lowest BCUT2D eigenvalue weighted by atomic mass is 10.3. The molecule has 10 heteroatoms. The highest BCUT2D eigenvalue weighted by Crippen LogP contribution is 2.15. The van der Waals surface area contributed by atoms with Gasteiger partial charge in [0.15, 0.2) is 5.69 Å². The van der Waals surface area contributed by atoms with E-state index in [1.54, 1.807) is 10.9 Å². The molecule has 0 aliphatic carbocycles. The highest BCUT2D eigenvalue weighted by atomic mass is 79.9. The van der Waals surface area contributed by atoms with Gasteiger partial charge in [0.25, 0.3) is 5.91 Å². The number of nitro groups is 1. The predicted molar refractivity (Wildman–Crippen MR) is 72.0 cm³/mol. The summed E-state index contributed by atoms with van der Waals surface area (Å²) in [4.78, 5) is 21.6. The highest BCUT2D eigenvalue weighted by molar-refractivity contribution is 9.10. The molecule has 2 aromatic rings. The maximum absolute atomic E-state index is 11.8. The van der Waals surface area contributed by atoms with E-state index >= 15 is 0 Å². The molecule has 2 rings (SSSR count). The second-order valence-corrected chi connectivity index (χ2v) is 4.71. The molecule has 0 radical (unpaired) electrons. The zero-order valence-electron chi connectivity index (χ0n) is 10.5. The fourth-order valence-electron chi connectivity index (χ4n) is 1.49.